The maximum atomic E-state index is 13.2. The molecule has 8 fully saturated rings. The van der Waals surface area contributed by atoms with Crippen molar-refractivity contribution in [2.45, 2.75) is 261 Å². The Morgan fingerprint density at radius 1 is 0.556 bits per heavy atom. The number of hydrogen-bond acceptors (Lipinski definition) is 6. The Morgan fingerprint density at radius 3 is 1.43 bits per heavy atom. The molecule has 8 saturated carbocycles. The normalized spacial score (nSPS) is 43.6. The average molecular weight is 1010 g/mol. The predicted molar refractivity (Wildman–Crippen MR) is 291 cm³/mol. The quantitative estimate of drug-likeness (QED) is 0.126. The van der Waals surface area contributed by atoms with Gasteiger partial charge in [0.25, 0.3) is 0 Å². The van der Waals surface area contributed by atoms with Crippen molar-refractivity contribution in [2.75, 3.05) is 0 Å². The van der Waals surface area contributed by atoms with Gasteiger partial charge < -0.3 is 25.5 Å². The molecule has 20 atom stereocenters. The first-order valence-electron chi connectivity index (χ1n) is 30.4. The van der Waals surface area contributed by atoms with E-state index in [1.54, 1.807) is 0 Å². The minimum Gasteiger partial charge on any atom is -0.870 e. The van der Waals surface area contributed by atoms with Crippen LogP contribution in [0.1, 0.15) is 248 Å². The van der Waals surface area contributed by atoms with Crippen LogP contribution in [0.4, 0.5) is 0 Å². The van der Waals surface area contributed by atoms with Gasteiger partial charge in [-0.25, -0.2) is 4.79 Å². The Morgan fingerprint density at radius 2 is 0.986 bits per heavy atom. The van der Waals surface area contributed by atoms with Gasteiger partial charge in [0.1, 0.15) is 6.10 Å². The molecule has 8 aliphatic rings. The molecule has 8 aliphatic carbocycles. The van der Waals surface area contributed by atoms with Gasteiger partial charge in [0.05, 0.1) is 22.9 Å². The maximum Gasteiger partial charge on any atom is 1.00 e. The van der Waals surface area contributed by atoms with Crippen LogP contribution in [0, 0.1) is 105 Å². The standard InChI is InChI=1S/C36H56O3.C29H52O2.Na.H2O/c1-7-36(38)22-21-34(5)27(23-36)14-15-28-30-17-16-29(35(30,6)20-19-31(28)34)25(4)32(18-13-24(2)3)39-33(37)26-11-9-8-10-12-26;1-7-29(31)17-16-27(5)21(18-29)9-10-22-24-12-11-23(28(24,6)15-14-25(22)27)20(4)26(30)13-8-19(2)3;;/h8-12,24-25,27-32,38H,7,13-23H2,1-6H3;19-26,30-31H,7-18H2,1-6H3;;1H2/q;;+1;/p-1/t25-,27+,28-,29+,30-,31-,32-,34-,35+,36-;20-,21+,22-,23+,24-,25-,26-,27-,28+,29-;;/m00../s1. The first-order chi connectivity index (χ1) is 33.0. The molecule has 4 N–H and O–H groups in total. The number of carbonyl (C=O) groups excluding carboxylic acids is 1. The summed E-state index contributed by atoms with van der Waals surface area (Å²) in [6.45, 7) is 28.7. The van der Waals surface area contributed by atoms with E-state index in [-0.39, 0.29) is 58.8 Å². The van der Waals surface area contributed by atoms with Gasteiger partial charge >= 0.3 is 35.5 Å². The van der Waals surface area contributed by atoms with Gasteiger partial charge in [0, 0.05) is 0 Å². The molecule has 7 heteroatoms. The van der Waals surface area contributed by atoms with E-state index in [0.29, 0.717) is 68.6 Å². The Kier molecular flexibility index (Phi) is 20.1. The fourth-order valence-electron chi connectivity index (χ4n) is 20.1. The summed E-state index contributed by atoms with van der Waals surface area (Å²) >= 11 is 0. The number of hydrogen-bond donors (Lipinski definition) is 3. The van der Waals surface area contributed by atoms with Crippen molar-refractivity contribution in [1.29, 1.82) is 0 Å². The molecule has 0 unspecified atom stereocenters. The second-order valence-corrected chi connectivity index (χ2v) is 28.9. The van der Waals surface area contributed by atoms with E-state index >= 15 is 0 Å². The topological polar surface area (TPSA) is 117 Å². The molecule has 1 aromatic rings. The zero-order valence-corrected chi connectivity index (χ0v) is 50.7. The Labute approximate surface area is 463 Å². The monoisotopic (exact) mass is 1010 g/mol. The SMILES string of the molecule is CC[C@]1(O)CC[C@@]2(C)[C@H](CC[C@@H]3[C@@H]2CC[C@]2(C)[C@@H]([C@H](C)[C@@H](O)CCC(C)C)CC[C@@H]32)C1.CC[C@]1(O)CC[C@@]2(C)[C@H](CC[C@@H]3[C@@H]2CC[C@]2(C)[C@@H]([C@H](C)[C@H](CCC(C)C)OC(=O)c4ccccc4)CC[C@@H]32)C1.[Na+].[OH-]. The Hall–Kier alpha value is -0.470. The number of fused-ring (bicyclic) bond motifs is 10. The molecule has 0 radical (unpaired) electrons. The second kappa shape index (κ2) is 23.9. The minimum absolute atomic E-state index is 0. The van der Waals surface area contributed by atoms with Crippen molar-refractivity contribution in [2.24, 2.45) is 105 Å². The summed E-state index contributed by atoms with van der Waals surface area (Å²) in [5.41, 5.74) is 1.49. The van der Waals surface area contributed by atoms with Gasteiger partial charge in [-0.1, -0.05) is 101 Å². The van der Waals surface area contributed by atoms with Crippen LogP contribution < -0.4 is 29.6 Å². The third-order valence-electron chi connectivity index (χ3n) is 24.9. The van der Waals surface area contributed by atoms with Crippen LogP contribution in [0.5, 0.6) is 0 Å². The number of aliphatic hydroxyl groups excluding tert-OH is 1. The van der Waals surface area contributed by atoms with Crippen LogP contribution >= 0.6 is 0 Å². The third-order valence-corrected chi connectivity index (χ3v) is 24.9. The van der Waals surface area contributed by atoms with Gasteiger partial charge in [0.15, 0.2) is 0 Å². The third kappa shape index (κ3) is 11.6. The molecule has 1 aromatic carbocycles. The van der Waals surface area contributed by atoms with Crippen LogP contribution in [-0.4, -0.2) is 50.2 Å². The molecule has 0 spiro atoms. The van der Waals surface area contributed by atoms with Gasteiger partial charge in [0.2, 0.25) is 0 Å². The fourth-order valence-corrected chi connectivity index (χ4v) is 20.1. The maximum absolute atomic E-state index is 13.2. The summed E-state index contributed by atoms with van der Waals surface area (Å²) in [4.78, 5) is 13.2. The molecule has 0 aliphatic heterocycles. The van der Waals surface area contributed by atoms with Crippen LogP contribution in [0.25, 0.3) is 0 Å². The van der Waals surface area contributed by atoms with E-state index in [1.807, 2.05) is 30.3 Å². The van der Waals surface area contributed by atoms with E-state index in [9.17, 15) is 20.1 Å². The molecule has 9 rings (SSSR count). The summed E-state index contributed by atoms with van der Waals surface area (Å²) in [6, 6.07) is 9.56. The van der Waals surface area contributed by atoms with Crippen LogP contribution in [0.2, 0.25) is 0 Å². The molecule has 406 valence electrons. The number of rotatable bonds is 14. The van der Waals surface area contributed by atoms with Crippen LogP contribution in [-0.2, 0) is 4.74 Å². The molecular weight excluding hydrogens is 900 g/mol. The fraction of sp³-hybridized carbons (Fsp3) is 0.892. The van der Waals surface area contributed by atoms with Crippen molar-refractivity contribution in [3.8, 4) is 0 Å². The van der Waals surface area contributed by atoms with Gasteiger partial charge in [-0.3, -0.25) is 0 Å². The largest absolute Gasteiger partial charge is 1.00 e. The number of benzene rings is 1. The van der Waals surface area contributed by atoms with Crippen LogP contribution in [0.15, 0.2) is 30.3 Å². The molecule has 0 aromatic heterocycles. The first kappa shape index (κ1) is 60.8. The van der Waals surface area contributed by atoms with E-state index in [1.165, 1.54) is 89.9 Å². The second-order valence-electron chi connectivity index (χ2n) is 28.9. The smallest absolute Gasteiger partial charge is 0.870 e. The molecule has 6 nitrogen and oxygen atoms in total. The van der Waals surface area contributed by atoms with Crippen molar-refractivity contribution in [3.05, 3.63) is 35.9 Å². The van der Waals surface area contributed by atoms with Crippen molar-refractivity contribution >= 4 is 5.97 Å². The molecule has 0 saturated heterocycles. The minimum atomic E-state index is -0.420. The summed E-state index contributed by atoms with van der Waals surface area (Å²) in [5.74, 6) is 9.73. The van der Waals surface area contributed by atoms with Crippen molar-refractivity contribution < 1.29 is 59.9 Å². The van der Waals surface area contributed by atoms with E-state index in [2.05, 4.69) is 83.1 Å². The van der Waals surface area contributed by atoms with Gasteiger partial charge in [-0.2, -0.15) is 0 Å². The summed E-state index contributed by atoms with van der Waals surface area (Å²) in [5, 5.41) is 33.2. The predicted octanol–water partition coefficient (Wildman–Crippen LogP) is 13.1. The zero-order valence-electron chi connectivity index (χ0n) is 48.7. The molecular formula is C65H109NaO6. The van der Waals surface area contributed by atoms with E-state index < -0.39 is 5.60 Å². The van der Waals surface area contributed by atoms with E-state index in [4.69, 9.17) is 4.74 Å². The number of aliphatic hydroxyl groups is 3. The molecule has 0 bridgehead atoms. The van der Waals surface area contributed by atoms with Gasteiger partial charge in [-0.15, -0.1) is 0 Å². The van der Waals surface area contributed by atoms with E-state index in [0.717, 1.165) is 106 Å². The molecule has 0 heterocycles. The summed E-state index contributed by atoms with van der Waals surface area (Å²) in [7, 11) is 0. The van der Waals surface area contributed by atoms with Crippen molar-refractivity contribution in [3.63, 3.8) is 0 Å². The summed E-state index contributed by atoms with van der Waals surface area (Å²) < 4.78 is 6.35. The zero-order chi connectivity index (χ0) is 50.6. The summed E-state index contributed by atoms with van der Waals surface area (Å²) in [6.07, 6.45) is 28.5. The Balaban J connectivity index is 0.000000235. The Bertz CT molecular complexity index is 1890. The first-order valence-corrected chi connectivity index (χ1v) is 30.4. The number of esters is 1. The van der Waals surface area contributed by atoms with Crippen LogP contribution in [0.3, 0.4) is 0 Å². The number of carbonyl (C=O) groups is 1. The van der Waals surface area contributed by atoms with Gasteiger partial charge in [-0.05, 0) is 271 Å². The molecule has 0 amide bonds. The molecule has 72 heavy (non-hydrogen) atoms. The number of ether oxygens (including phenoxy) is 1. The van der Waals surface area contributed by atoms with Crippen molar-refractivity contribution in [1.82, 2.24) is 0 Å². The average Bonchev–Trinajstić information content (AvgIpc) is 3.89.